The van der Waals surface area contributed by atoms with E-state index in [9.17, 15) is 9.59 Å². The second-order valence-corrected chi connectivity index (χ2v) is 4.72. The smallest absolute Gasteiger partial charge is 0.335 e. The van der Waals surface area contributed by atoms with Crippen LogP contribution in [0.4, 0.5) is 0 Å². The Bertz CT molecular complexity index is 497. The number of aromatic carboxylic acids is 1. The lowest BCUT2D eigenvalue weighted by atomic mass is 10.1. The first kappa shape index (κ1) is 12.6. The minimum Gasteiger partial charge on any atom is -0.478 e. The Kier molecular flexibility index (Phi) is 3.34. The zero-order valence-corrected chi connectivity index (χ0v) is 10.5. The predicted octanol–water partition coefficient (Wildman–Crippen LogP) is 0.789. The molecule has 1 aliphatic rings. The van der Waals surface area contributed by atoms with Gasteiger partial charge in [0.1, 0.15) is 0 Å². The molecule has 18 heavy (non-hydrogen) atoms. The first-order valence-corrected chi connectivity index (χ1v) is 5.75. The van der Waals surface area contributed by atoms with Gasteiger partial charge in [-0.25, -0.2) is 4.79 Å². The predicted molar refractivity (Wildman–Crippen MR) is 66.2 cm³/mol. The number of carbonyl (C=O) groups excluding carboxylic acids is 1. The minimum atomic E-state index is -0.916. The third-order valence-corrected chi connectivity index (χ3v) is 3.10. The van der Waals surface area contributed by atoms with Crippen molar-refractivity contribution in [1.82, 2.24) is 9.80 Å². The Morgan fingerprint density at radius 1 is 1.28 bits per heavy atom. The van der Waals surface area contributed by atoms with E-state index in [-0.39, 0.29) is 5.91 Å². The van der Waals surface area contributed by atoms with Crippen LogP contribution in [0.5, 0.6) is 0 Å². The normalized spacial score (nSPS) is 14.3. The SMILES string of the molecule is CN(C)C(=O)CN1Cc2ccc(C(=O)O)cc2C1. The summed E-state index contributed by atoms with van der Waals surface area (Å²) in [5, 5.41) is 8.93. The van der Waals surface area contributed by atoms with Gasteiger partial charge >= 0.3 is 5.97 Å². The van der Waals surface area contributed by atoms with Gasteiger partial charge in [-0.3, -0.25) is 9.69 Å². The molecule has 0 bridgehead atoms. The highest BCUT2D eigenvalue weighted by atomic mass is 16.4. The number of amides is 1. The van der Waals surface area contributed by atoms with E-state index in [4.69, 9.17) is 5.11 Å². The van der Waals surface area contributed by atoms with Gasteiger partial charge < -0.3 is 10.0 Å². The lowest BCUT2D eigenvalue weighted by Gasteiger charge is -2.17. The van der Waals surface area contributed by atoms with Crippen molar-refractivity contribution in [3.05, 3.63) is 34.9 Å². The van der Waals surface area contributed by atoms with Crippen molar-refractivity contribution in [2.24, 2.45) is 0 Å². The molecule has 2 rings (SSSR count). The van der Waals surface area contributed by atoms with E-state index < -0.39 is 5.97 Å². The fourth-order valence-corrected chi connectivity index (χ4v) is 2.04. The Labute approximate surface area is 106 Å². The number of carboxylic acids is 1. The molecule has 0 saturated heterocycles. The number of carboxylic acid groups (broad SMARTS) is 1. The van der Waals surface area contributed by atoms with Crippen LogP contribution >= 0.6 is 0 Å². The van der Waals surface area contributed by atoms with Crippen LogP contribution in [0.3, 0.4) is 0 Å². The summed E-state index contributed by atoms with van der Waals surface area (Å²) in [5.74, 6) is -0.859. The number of rotatable bonds is 3. The van der Waals surface area contributed by atoms with Gasteiger partial charge in [0.2, 0.25) is 5.91 Å². The van der Waals surface area contributed by atoms with Crippen LogP contribution in [0.2, 0.25) is 0 Å². The van der Waals surface area contributed by atoms with Crippen LogP contribution in [-0.4, -0.2) is 47.4 Å². The lowest BCUT2D eigenvalue weighted by Crippen LogP contribution is -2.33. The van der Waals surface area contributed by atoms with Crippen LogP contribution in [0.25, 0.3) is 0 Å². The summed E-state index contributed by atoms with van der Waals surface area (Å²) in [6.45, 7) is 1.70. The van der Waals surface area contributed by atoms with Gasteiger partial charge in [0.05, 0.1) is 12.1 Å². The molecule has 0 radical (unpaired) electrons. The van der Waals surface area contributed by atoms with Gasteiger partial charge in [0.15, 0.2) is 0 Å². The minimum absolute atomic E-state index is 0.0567. The van der Waals surface area contributed by atoms with Crippen molar-refractivity contribution >= 4 is 11.9 Å². The Balaban J connectivity index is 2.08. The molecule has 0 aromatic heterocycles. The molecule has 1 N–H and O–H groups in total. The third-order valence-electron chi connectivity index (χ3n) is 3.10. The molecule has 0 unspecified atom stereocenters. The Morgan fingerprint density at radius 2 is 1.94 bits per heavy atom. The molecule has 1 aromatic carbocycles. The maximum atomic E-state index is 11.6. The van der Waals surface area contributed by atoms with Crippen LogP contribution in [0, 0.1) is 0 Å². The summed E-state index contributed by atoms with van der Waals surface area (Å²) in [5.41, 5.74) is 2.41. The number of hydrogen-bond donors (Lipinski definition) is 1. The highest BCUT2D eigenvalue weighted by Crippen LogP contribution is 2.23. The van der Waals surface area contributed by atoms with Crippen molar-refractivity contribution in [2.45, 2.75) is 13.1 Å². The first-order chi connectivity index (χ1) is 8.47. The van der Waals surface area contributed by atoms with Crippen molar-refractivity contribution in [3.63, 3.8) is 0 Å². The van der Waals surface area contributed by atoms with E-state index in [1.165, 1.54) is 0 Å². The number of fused-ring (bicyclic) bond motifs is 1. The monoisotopic (exact) mass is 248 g/mol. The van der Waals surface area contributed by atoms with Gasteiger partial charge in [-0.15, -0.1) is 0 Å². The number of nitrogens with zero attached hydrogens (tertiary/aromatic N) is 2. The molecule has 0 spiro atoms. The molecular weight excluding hydrogens is 232 g/mol. The average molecular weight is 248 g/mol. The largest absolute Gasteiger partial charge is 0.478 e. The number of benzene rings is 1. The maximum absolute atomic E-state index is 11.6. The molecule has 1 aliphatic heterocycles. The summed E-state index contributed by atoms with van der Waals surface area (Å²) >= 11 is 0. The molecule has 1 amide bonds. The molecule has 1 aromatic rings. The fourth-order valence-electron chi connectivity index (χ4n) is 2.04. The van der Waals surface area contributed by atoms with Crippen LogP contribution in [-0.2, 0) is 17.9 Å². The van der Waals surface area contributed by atoms with Gasteiger partial charge in [-0.1, -0.05) is 6.07 Å². The molecule has 5 heteroatoms. The standard InChI is InChI=1S/C13H16N2O3/c1-14(2)12(16)8-15-6-10-4-3-9(13(17)18)5-11(10)7-15/h3-5H,6-8H2,1-2H3,(H,17,18). The second-order valence-electron chi connectivity index (χ2n) is 4.72. The third kappa shape index (κ3) is 2.51. The quantitative estimate of drug-likeness (QED) is 0.859. The average Bonchev–Trinajstić information content (AvgIpc) is 2.69. The number of likely N-dealkylation sites (N-methyl/N-ethyl adjacent to an activating group) is 1. The Hall–Kier alpha value is -1.88. The molecule has 96 valence electrons. The first-order valence-electron chi connectivity index (χ1n) is 5.75. The van der Waals surface area contributed by atoms with Crippen LogP contribution in [0.1, 0.15) is 21.5 Å². The topological polar surface area (TPSA) is 60.9 Å². The van der Waals surface area contributed by atoms with Gasteiger partial charge in [-0.2, -0.15) is 0 Å². The Morgan fingerprint density at radius 3 is 2.56 bits per heavy atom. The lowest BCUT2D eigenvalue weighted by molar-refractivity contribution is -0.130. The highest BCUT2D eigenvalue weighted by molar-refractivity contribution is 5.88. The molecule has 0 saturated carbocycles. The number of carbonyl (C=O) groups is 2. The fraction of sp³-hybridized carbons (Fsp3) is 0.385. The highest BCUT2D eigenvalue weighted by Gasteiger charge is 2.22. The summed E-state index contributed by atoms with van der Waals surface area (Å²) in [6, 6.07) is 5.13. The second kappa shape index (κ2) is 4.78. The summed E-state index contributed by atoms with van der Waals surface area (Å²) in [4.78, 5) is 26.1. The number of hydrogen-bond acceptors (Lipinski definition) is 3. The zero-order chi connectivity index (χ0) is 13.3. The van der Waals surface area contributed by atoms with E-state index in [0.29, 0.717) is 25.2 Å². The molecule has 5 nitrogen and oxygen atoms in total. The van der Waals surface area contributed by atoms with Gasteiger partial charge in [0.25, 0.3) is 0 Å². The summed E-state index contributed by atoms with van der Waals surface area (Å²) in [6.07, 6.45) is 0. The van der Waals surface area contributed by atoms with E-state index in [2.05, 4.69) is 0 Å². The van der Waals surface area contributed by atoms with Crippen molar-refractivity contribution in [3.8, 4) is 0 Å². The van der Waals surface area contributed by atoms with Gasteiger partial charge in [0, 0.05) is 27.2 Å². The zero-order valence-electron chi connectivity index (χ0n) is 10.5. The van der Waals surface area contributed by atoms with E-state index in [1.54, 1.807) is 31.1 Å². The summed E-state index contributed by atoms with van der Waals surface area (Å²) in [7, 11) is 3.46. The molecule has 0 fully saturated rings. The maximum Gasteiger partial charge on any atom is 0.335 e. The van der Waals surface area contributed by atoms with E-state index in [1.807, 2.05) is 11.0 Å². The molecule has 1 heterocycles. The van der Waals surface area contributed by atoms with Crippen molar-refractivity contribution < 1.29 is 14.7 Å². The van der Waals surface area contributed by atoms with E-state index in [0.717, 1.165) is 11.1 Å². The van der Waals surface area contributed by atoms with Crippen LogP contribution < -0.4 is 0 Å². The van der Waals surface area contributed by atoms with E-state index >= 15 is 0 Å². The van der Waals surface area contributed by atoms with Crippen molar-refractivity contribution in [1.29, 1.82) is 0 Å². The van der Waals surface area contributed by atoms with Crippen molar-refractivity contribution in [2.75, 3.05) is 20.6 Å². The summed E-state index contributed by atoms with van der Waals surface area (Å²) < 4.78 is 0. The molecular formula is C13H16N2O3. The molecule has 0 aliphatic carbocycles. The molecule has 0 atom stereocenters. The van der Waals surface area contributed by atoms with Crippen LogP contribution in [0.15, 0.2) is 18.2 Å². The van der Waals surface area contributed by atoms with Gasteiger partial charge in [-0.05, 0) is 23.3 Å².